The maximum Gasteiger partial charge on any atom is 0.414 e. The summed E-state index contributed by atoms with van der Waals surface area (Å²) in [6.45, 7) is 1.99. The molecule has 1 aliphatic carbocycles. The SMILES string of the molecule is COC(=O)N1c2ccc3c(nc(C(=O)N(C)c4ccccc4)n3[C@@H]3CCC[C@@H](C(=O)O)C3)c2CCC1C. The summed E-state index contributed by atoms with van der Waals surface area (Å²) in [6.07, 6.45) is 3.64. The summed E-state index contributed by atoms with van der Waals surface area (Å²) in [5, 5.41) is 9.72. The highest BCUT2D eigenvalue weighted by Crippen LogP contribution is 2.40. The van der Waals surface area contributed by atoms with Gasteiger partial charge in [-0.1, -0.05) is 24.6 Å². The Morgan fingerprint density at radius 2 is 1.84 bits per heavy atom. The molecule has 9 nitrogen and oxygen atoms in total. The Bertz CT molecular complexity index is 1350. The van der Waals surface area contributed by atoms with Gasteiger partial charge in [-0.3, -0.25) is 14.5 Å². The third-order valence-electron chi connectivity index (χ3n) is 7.83. The van der Waals surface area contributed by atoms with Gasteiger partial charge in [0.1, 0.15) is 0 Å². The number of hydrogen-bond acceptors (Lipinski definition) is 5. The first-order valence-corrected chi connectivity index (χ1v) is 12.8. The number of para-hydroxylation sites is 1. The predicted molar refractivity (Wildman–Crippen MR) is 140 cm³/mol. The molecule has 2 aromatic carbocycles. The first-order valence-electron chi connectivity index (χ1n) is 12.8. The molecular formula is C28H32N4O5. The molecule has 2 heterocycles. The molecule has 9 heteroatoms. The normalized spacial score (nSPS) is 21.4. The smallest absolute Gasteiger partial charge is 0.414 e. The van der Waals surface area contributed by atoms with Gasteiger partial charge in [0.15, 0.2) is 0 Å². The standard InChI is InChI=1S/C28H32N4O5/c1-17-12-13-21-22(31(17)28(36)37-3)14-15-23-24(21)29-25(26(33)30(2)19-9-5-4-6-10-19)32(23)20-11-7-8-18(16-20)27(34)35/h4-6,9-10,14-15,17-18,20H,7-8,11-13,16H2,1-3H3,(H,34,35)/t17?,18-,20-/m1/s1. The summed E-state index contributed by atoms with van der Waals surface area (Å²) in [5.74, 6) is -1.24. The molecule has 0 bridgehead atoms. The fraction of sp³-hybridized carbons (Fsp3) is 0.429. The second-order valence-electron chi connectivity index (χ2n) is 10.0. The van der Waals surface area contributed by atoms with Crippen LogP contribution in [0.5, 0.6) is 0 Å². The Labute approximate surface area is 215 Å². The maximum absolute atomic E-state index is 13.9. The van der Waals surface area contributed by atoms with Crippen LogP contribution in [0.3, 0.4) is 0 Å². The van der Waals surface area contributed by atoms with Crippen LogP contribution in [0, 0.1) is 5.92 Å². The fourth-order valence-corrected chi connectivity index (χ4v) is 5.84. The molecule has 2 amide bonds. The molecule has 1 aliphatic heterocycles. The first kappa shape index (κ1) is 24.8. The molecular weight excluding hydrogens is 472 g/mol. The maximum atomic E-state index is 13.9. The molecule has 0 spiro atoms. The van der Waals surface area contributed by atoms with E-state index in [-0.39, 0.29) is 23.8 Å². The summed E-state index contributed by atoms with van der Waals surface area (Å²) in [5.41, 5.74) is 3.86. The topological polar surface area (TPSA) is 105 Å². The molecule has 1 saturated carbocycles. The van der Waals surface area contributed by atoms with Crippen LogP contribution in [0.1, 0.15) is 61.3 Å². The number of imidazole rings is 1. The molecule has 3 aromatic rings. The van der Waals surface area contributed by atoms with E-state index in [4.69, 9.17) is 9.72 Å². The number of carboxylic acids is 1. The van der Waals surface area contributed by atoms with Crippen LogP contribution in [-0.2, 0) is 16.0 Å². The molecule has 5 rings (SSSR count). The van der Waals surface area contributed by atoms with Crippen molar-refractivity contribution >= 4 is 40.4 Å². The van der Waals surface area contributed by atoms with Crippen molar-refractivity contribution in [3.63, 3.8) is 0 Å². The molecule has 1 N–H and O–H groups in total. The third-order valence-corrected chi connectivity index (χ3v) is 7.83. The fourth-order valence-electron chi connectivity index (χ4n) is 5.84. The number of nitrogens with zero attached hydrogens (tertiary/aromatic N) is 4. The lowest BCUT2D eigenvalue weighted by Gasteiger charge is -2.34. The van der Waals surface area contributed by atoms with Gasteiger partial charge in [-0.05, 0) is 63.3 Å². The minimum Gasteiger partial charge on any atom is -0.481 e. The number of fused-ring (bicyclic) bond motifs is 3. The molecule has 2 aliphatic rings. The molecule has 1 fully saturated rings. The van der Waals surface area contributed by atoms with Gasteiger partial charge in [0.2, 0.25) is 5.82 Å². The van der Waals surface area contributed by atoms with E-state index >= 15 is 0 Å². The highest BCUT2D eigenvalue weighted by Gasteiger charge is 2.35. The summed E-state index contributed by atoms with van der Waals surface area (Å²) < 4.78 is 7.00. The van der Waals surface area contributed by atoms with Crippen LogP contribution in [0.2, 0.25) is 0 Å². The Balaban J connectivity index is 1.67. The van der Waals surface area contributed by atoms with Gasteiger partial charge in [-0.15, -0.1) is 0 Å². The number of benzene rings is 2. The number of rotatable bonds is 4. The van der Waals surface area contributed by atoms with E-state index in [9.17, 15) is 19.5 Å². The van der Waals surface area contributed by atoms with Crippen molar-refractivity contribution in [2.75, 3.05) is 24.0 Å². The van der Waals surface area contributed by atoms with Gasteiger partial charge in [-0.25, -0.2) is 9.78 Å². The molecule has 1 aromatic heterocycles. The van der Waals surface area contributed by atoms with Crippen LogP contribution < -0.4 is 9.80 Å². The Morgan fingerprint density at radius 3 is 2.54 bits per heavy atom. The van der Waals surface area contributed by atoms with Crippen LogP contribution >= 0.6 is 0 Å². The number of ether oxygens (including phenoxy) is 1. The Hall–Kier alpha value is -3.88. The second-order valence-corrected chi connectivity index (χ2v) is 10.0. The van der Waals surface area contributed by atoms with Crippen LogP contribution in [0.4, 0.5) is 16.2 Å². The number of hydrogen-bond donors (Lipinski definition) is 1. The number of methoxy groups -OCH3 is 1. The van der Waals surface area contributed by atoms with Crippen molar-refractivity contribution in [3.8, 4) is 0 Å². The van der Waals surface area contributed by atoms with E-state index in [1.165, 1.54) is 7.11 Å². The van der Waals surface area contributed by atoms with Crippen molar-refractivity contribution in [2.45, 2.75) is 57.5 Å². The van der Waals surface area contributed by atoms with Crippen molar-refractivity contribution in [3.05, 3.63) is 53.9 Å². The predicted octanol–water partition coefficient (Wildman–Crippen LogP) is 5.04. The van der Waals surface area contributed by atoms with Crippen molar-refractivity contribution in [1.29, 1.82) is 0 Å². The lowest BCUT2D eigenvalue weighted by molar-refractivity contribution is -0.143. The second kappa shape index (κ2) is 9.88. The highest BCUT2D eigenvalue weighted by molar-refractivity contribution is 6.06. The molecule has 37 heavy (non-hydrogen) atoms. The number of aliphatic carboxylic acids is 1. The summed E-state index contributed by atoms with van der Waals surface area (Å²) >= 11 is 0. The van der Waals surface area contributed by atoms with Crippen molar-refractivity contribution in [2.24, 2.45) is 5.92 Å². The van der Waals surface area contributed by atoms with Crippen molar-refractivity contribution < 1.29 is 24.2 Å². The summed E-state index contributed by atoms with van der Waals surface area (Å²) in [4.78, 5) is 46.5. The zero-order chi connectivity index (χ0) is 26.3. The number of carbonyl (C=O) groups is 3. The highest BCUT2D eigenvalue weighted by atomic mass is 16.5. The van der Waals surface area contributed by atoms with Crippen LogP contribution in [0.25, 0.3) is 11.0 Å². The zero-order valence-corrected chi connectivity index (χ0v) is 21.4. The van der Waals surface area contributed by atoms with Gasteiger partial charge in [0, 0.05) is 30.4 Å². The van der Waals surface area contributed by atoms with Gasteiger partial charge in [0.25, 0.3) is 5.91 Å². The Kier molecular flexibility index (Phi) is 6.62. The van der Waals surface area contributed by atoms with Crippen LogP contribution in [0.15, 0.2) is 42.5 Å². The third kappa shape index (κ3) is 4.32. The molecule has 194 valence electrons. The van der Waals surface area contributed by atoms with E-state index in [1.54, 1.807) is 16.8 Å². The largest absolute Gasteiger partial charge is 0.481 e. The number of amides is 2. The van der Waals surface area contributed by atoms with E-state index in [0.29, 0.717) is 24.8 Å². The van der Waals surface area contributed by atoms with Crippen molar-refractivity contribution in [1.82, 2.24) is 9.55 Å². The zero-order valence-electron chi connectivity index (χ0n) is 21.4. The van der Waals surface area contributed by atoms with E-state index < -0.39 is 18.0 Å². The van der Waals surface area contributed by atoms with Gasteiger partial charge < -0.3 is 19.3 Å². The van der Waals surface area contributed by atoms with Gasteiger partial charge in [0.05, 0.1) is 29.7 Å². The lowest BCUT2D eigenvalue weighted by Crippen LogP contribution is -2.42. The Morgan fingerprint density at radius 1 is 1.08 bits per heavy atom. The monoisotopic (exact) mass is 504 g/mol. The number of aryl methyl sites for hydroxylation is 1. The number of anilines is 2. The molecule has 1 unspecified atom stereocenters. The van der Waals surface area contributed by atoms with E-state index in [2.05, 4.69) is 0 Å². The summed E-state index contributed by atoms with van der Waals surface area (Å²) in [7, 11) is 3.09. The van der Waals surface area contributed by atoms with Crippen LogP contribution in [-0.4, -0.2) is 52.8 Å². The quantitative estimate of drug-likeness (QED) is 0.534. The number of carboxylic acid groups (broad SMARTS) is 1. The average Bonchev–Trinajstić information content (AvgIpc) is 3.32. The van der Waals surface area contributed by atoms with E-state index in [1.807, 2.05) is 54.0 Å². The molecule has 0 saturated heterocycles. The average molecular weight is 505 g/mol. The minimum atomic E-state index is -0.802. The lowest BCUT2D eigenvalue weighted by atomic mass is 9.85. The van der Waals surface area contributed by atoms with Gasteiger partial charge in [-0.2, -0.15) is 0 Å². The number of carbonyl (C=O) groups excluding carboxylic acids is 2. The molecule has 0 radical (unpaired) electrons. The number of aromatic nitrogens is 2. The van der Waals surface area contributed by atoms with Gasteiger partial charge >= 0.3 is 12.1 Å². The first-order chi connectivity index (χ1) is 17.8. The van der Waals surface area contributed by atoms with E-state index in [0.717, 1.165) is 41.7 Å². The summed E-state index contributed by atoms with van der Waals surface area (Å²) in [6, 6.07) is 13.0. The molecule has 3 atom stereocenters. The minimum absolute atomic E-state index is 0.0283.